The van der Waals surface area contributed by atoms with Gasteiger partial charge in [0.2, 0.25) is 5.01 Å². The van der Waals surface area contributed by atoms with Crippen molar-refractivity contribution in [1.82, 2.24) is 15.1 Å². The third-order valence-electron chi connectivity index (χ3n) is 4.07. The predicted octanol–water partition coefficient (Wildman–Crippen LogP) is 2.79. The molecule has 128 valence electrons. The molecular weight excluding hydrogens is 324 g/mol. The van der Waals surface area contributed by atoms with E-state index in [9.17, 15) is 4.79 Å². The van der Waals surface area contributed by atoms with Crippen LogP contribution in [0.4, 0.5) is 5.69 Å². The Morgan fingerprint density at radius 3 is 2.88 bits per heavy atom. The van der Waals surface area contributed by atoms with Gasteiger partial charge < -0.3 is 10.1 Å². The number of aromatic nitrogens is 2. The van der Waals surface area contributed by atoms with Gasteiger partial charge >= 0.3 is 0 Å². The highest BCUT2D eigenvalue weighted by molar-refractivity contribution is 7.13. The van der Waals surface area contributed by atoms with Crippen LogP contribution in [0.5, 0.6) is 0 Å². The van der Waals surface area contributed by atoms with Crippen molar-refractivity contribution in [2.45, 2.75) is 39.0 Å². The van der Waals surface area contributed by atoms with Crippen LogP contribution in [0.3, 0.4) is 0 Å². The van der Waals surface area contributed by atoms with Crippen molar-refractivity contribution in [1.29, 1.82) is 0 Å². The first-order chi connectivity index (χ1) is 11.4. The summed E-state index contributed by atoms with van der Waals surface area (Å²) in [6, 6.07) is 9.35. The van der Waals surface area contributed by atoms with Crippen molar-refractivity contribution < 1.29 is 9.53 Å². The van der Waals surface area contributed by atoms with Gasteiger partial charge in [0.15, 0.2) is 0 Å². The van der Waals surface area contributed by atoms with Crippen molar-refractivity contribution >= 4 is 22.9 Å². The van der Waals surface area contributed by atoms with Crippen molar-refractivity contribution in [2.24, 2.45) is 0 Å². The number of morpholine rings is 1. The minimum absolute atomic E-state index is 0.0510. The highest BCUT2D eigenvalue weighted by Gasteiger charge is 2.34. The van der Waals surface area contributed by atoms with Gasteiger partial charge in [0.25, 0.3) is 5.91 Å². The number of amides is 1. The number of rotatable bonds is 4. The number of anilines is 1. The second kappa shape index (κ2) is 6.96. The molecule has 1 amide bonds. The van der Waals surface area contributed by atoms with Gasteiger partial charge in [-0.05, 0) is 32.9 Å². The van der Waals surface area contributed by atoms with Crippen LogP contribution in [0.15, 0.2) is 30.3 Å². The van der Waals surface area contributed by atoms with Crippen molar-refractivity contribution in [3.8, 4) is 0 Å². The molecule has 0 spiro atoms. The fourth-order valence-corrected chi connectivity index (χ4v) is 3.36. The zero-order valence-corrected chi connectivity index (χ0v) is 15.0. The lowest BCUT2D eigenvalue weighted by Crippen LogP contribution is -2.54. The molecule has 1 fully saturated rings. The molecular formula is C17H22N4O2S. The zero-order valence-electron chi connectivity index (χ0n) is 14.2. The van der Waals surface area contributed by atoms with Crippen molar-refractivity contribution in [2.75, 3.05) is 18.5 Å². The molecule has 1 saturated heterocycles. The predicted molar refractivity (Wildman–Crippen MR) is 94.2 cm³/mol. The van der Waals surface area contributed by atoms with Gasteiger partial charge in [0.1, 0.15) is 5.01 Å². The number of carbonyl (C=O) groups excluding carboxylic acids is 1. The minimum atomic E-state index is -0.223. The number of ether oxygens (including phenoxy) is 1. The van der Waals surface area contributed by atoms with Gasteiger partial charge in [-0.15, -0.1) is 10.2 Å². The van der Waals surface area contributed by atoms with Gasteiger partial charge in [-0.25, -0.2) is 0 Å². The number of carbonyl (C=O) groups is 1. The lowest BCUT2D eigenvalue weighted by atomic mass is 10.0. The second-order valence-corrected chi connectivity index (χ2v) is 7.70. The molecule has 1 atom stereocenters. The molecule has 0 aliphatic carbocycles. The molecule has 2 aromatic rings. The average molecular weight is 346 g/mol. The van der Waals surface area contributed by atoms with E-state index in [1.165, 1.54) is 11.3 Å². The Bertz CT molecular complexity index is 702. The Labute approximate surface area is 145 Å². The minimum Gasteiger partial charge on any atom is -0.375 e. The summed E-state index contributed by atoms with van der Waals surface area (Å²) in [6.07, 6.45) is 0.201. The Hall–Kier alpha value is -1.83. The van der Waals surface area contributed by atoms with E-state index in [-0.39, 0.29) is 17.6 Å². The number of hydrogen-bond acceptors (Lipinski definition) is 6. The molecule has 24 heavy (non-hydrogen) atoms. The summed E-state index contributed by atoms with van der Waals surface area (Å²) in [7, 11) is 0. The SMILES string of the molecule is CC1CN(Cc2nnc(C(=O)Nc3ccccc3)s2)C(C)(C)CO1. The highest BCUT2D eigenvalue weighted by atomic mass is 32.1. The van der Waals surface area contributed by atoms with Crippen LogP contribution in [0.1, 0.15) is 35.6 Å². The summed E-state index contributed by atoms with van der Waals surface area (Å²) < 4.78 is 5.73. The van der Waals surface area contributed by atoms with E-state index >= 15 is 0 Å². The molecule has 1 unspecified atom stereocenters. The van der Waals surface area contributed by atoms with Crippen LogP contribution in [-0.2, 0) is 11.3 Å². The van der Waals surface area contributed by atoms with Crippen LogP contribution in [0.25, 0.3) is 0 Å². The van der Waals surface area contributed by atoms with Crippen molar-refractivity contribution in [3.05, 3.63) is 40.3 Å². The summed E-state index contributed by atoms with van der Waals surface area (Å²) in [5, 5.41) is 12.3. The van der Waals surface area contributed by atoms with E-state index < -0.39 is 0 Å². The standard InChI is InChI=1S/C17H22N4O2S/c1-12-9-21(17(2,3)11-23-12)10-14-19-20-16(24-14)15(22)18-13-7-5-4-6-8-13/h4-8,12H,9-11H2,1-3H3,(H,18,22). The van der Waals surface area contributed by atoms with Gasteiger partial charge in [-0.1, -0.05) is 29.5 Å². The Morgan fingerprint density at radius 1 is 1.38 bits per heavy atom. The molecule has 6 nitrogen and oxygen atoms in total. The van der Waals surface area contributed by atoms with Crippen LogP contribution in [0, 0.1) is 0 Å². The molecule has 2 heterocycles. The molecule has 7 heteroatoms. The largest absolute Gasteiger partial charge is 0.375 e. The monoisotopic (exact) mass is 346 g/mol. The van der Waals surface area contributed by atoms with Crippen LogP contribution < -0.4 is 5.32 Å². The number of benzene rings is 1. The fraction of sp³-hybridized carbons (Fsp3) is 0.471. The van der Waals surface area contributed by atoms with Gasteiger partial charge in [-0.3, -0.25) is 9.69 Å². The summed E-state index contributed by atoms with van der Waals surface area (Å²) >= 11 is 1.34. The number of para-hydroxylation sites is 1. The normalized spacial score (nSPS) is 20.7. The molecule has 1 aromatic heterocycles. The maximum absolute atomic E-state index is 12.3. The molecule has 1 aromatic carbocycles. The number of nitrogens with zero attached hydrogens (tertiary/aromatic N) is 3. The molecule has 0 radical (unpaired) electrons. The maximum atomic E-state index is 12.3. The third kappa shape index (κ3) is 3.98. The molecule has 1 N–H and O–H groups in total. The third-order valence-corrected chi connectivity index (χ3v) is 4.98. The first-order valence-electron chi connectivity index (χ1n) is 7.99. The van der Waals surface area contributed by atoms with E-state index in [2.05, 4.69) is 41.2 Å². The zero-order chi connectivity index (χ0) is 17.2. The van der Waals surface area contributed by atoms with Gasteiger partial charge in [-0.2, -0.15) is 0 Å². The first-order valence-corrected chi connectivity index (χ1v) is 8.81. The first kappa shape index (κ1) is 17.0. The highest BCUT2D eigenvalue weighted by Crippen LogP contribution is 2.25. The van der Waals surface area contributed by atoms with Crippen molar-refractivity contribution in [3.63, 3.8) is 0 Å². The number of nitrogens with one attached hydrogen (secondary N) is 1. The van der Waals surface area contributed by atoms with Crippen LogP contribution in [0.2, 0.25) is 0 Å². The maximum Gasteiger partial charge on any atom is 0.286 e. The summed E-state index contributed by atoms with van der Waals surface area (Å²) in [4.78, 5) is 14.6. The average Bonchev–Trinajstić information content (AvgIpc) is 3.01. The van der Waals surface area contributed by atoms with Gasteiger partial charge in [0, 0.05) is 17.8 Å². The molecule has 3 rings (SSSR count). The smallest absolute Gasteiger partial charge is 0.286 e. The Kier molecular flexibility index (Phi) is 4.93. The molecule has 0 saturated carbocycles. The van der Waals surface area contributed by atoms with E-state index in [1.54, 1.807) is 0 Å². The van der Waals surface area contributed by atoms with E-state index in [0.29, 0.717) is 18.2 Å². The van der Waals surface area contributed by atoms with E-state index in [1.807, 2.05) is 30.3 Å². The number of hydrogen-bond donors (Lipinski definition) is 1. The quantitative estimate of drug-likeness (QED) is 0.922. The molecule has 1 aliphatic rings. The fourth-order valence-electron chi connectivity index (χ4n) is 2.60. The van der Waals surface area contributed by atoms with Gasteiger partial charge in [0.05, 0.1) is 19.3 Å². The summed E-state index contributed by atoms with van der Waals surface area (Å²) in [6.45, 7) is 8.59. The summed E-state index contributed by atoms with van der Waals surface area (Å²) in [5.41, 5.74) is 0.701. The summed E-state index contributed by atoms with van der Waals surface area (Å²) in [5.74, 6) is -0.223. The lowest BCUT2D eigenvalue weighted by Gasteiger charge is -2.44. The van der Waals surface area contributed by atoms with E-state index in [0.717, 1.165) is 17.2 Å². The van der Waals surface area contributed by atoms with Crippen LogP contribution in [-0.4, -0.2) is 45.8 Å². The molecule has 0 bridgehead atoms. The lowest BCUT2D eigenvalue weighted by molar-refractivity contribution is -0.0950. The van der Waals surface area contributed by atoms with Crippen LogP contribution >= 0.6 is 11.3 Å². The Morgan fingerprint density at radius 2 is 2.12 bits per heavy atom. The van der Waals surface area contributed by atoms with E-state index in [4.69, 9.17) is 4.74 Å². The Balaban J connectivity index is 1.66. The topological polar surface area (TPSA) is 67.4 Å². The second-order valence-electron chi connectivity index (χ2n) is 6.64. The molecule has 1 aliphatic heterocycles.